The number of carbonyl (C=O) groups excluding carboxylic acids is 6. The predicted octanol–water partition coefficient (Wildman–Crippen LogP) is 33.1. The van der Waals surface area contributed by atoms with E-state index in [9.17, 15) is 73.4 Å². The van der Waals surface area contributed by atoms with Gasteiger partial charge in [0.2, 0.25) is 0 Å². The molecule has 0 amide bonds. The van der Waals surface area contributed by atoms with Crippen molar-refractivity contribution in [2.75, 3.05) is 19.8 Å². The third-order valence-electron chi connectivity index (χ3n) is 28.8. The summed E-state index contributed by atoms with van der Waals surface area (Å²) in [7, 11) is -10.7. The largest absolute Gasteiger partial charge is 0.465 e. The van der Waals surface area contributed by atoms with Gasteiger partial charge in [-0.15, -0.1) is 0 Å². The van der Waals surface area contributed by atoms with Gasteiger partial charge in [0.15, 0.2) is 16.4 Å². The Morgan fingerprint density at radius 3 is 1.14 bits per heavy atom. The van der Waals surface area contributed by atoms with Crippen LogP contribution in [-0.4, -0.2) is 153 Å². The molecule has 1 aliphatic heterocycles. The van der Waals surface area contributed by atoms with Crippen molar-refractivity contribution >= 4 is 86.2 Å². The molecule has 10 unspecified atom stereocenters. The van der Waals surface area contributed by atoms with Crippen molar-refractivity contribution in [3.8, 4) is 0 Å². The summed E-state index contributed by atoms with van der Waals surface area (Å²) in [5.74, 6) is -0.268. The summed E-state index contributed by atoms with van der Waals surface area (Å²) in [5.41, 5.74) is -7.83. The van der Waals surface area contributed by atoms with Crippen LogP contribution in [0.4, 0.5) is 39.5 Å². The minimum atomic E-state index is -4.79. The molecule has 822 valence electrons. The molecule has 4 aliphatic carbocycles. The van der Waals surface area contributed by atoms with Crippen LogP contribution in [-0.2, 0) is 73.6 Å². The molecule has 6 rings (SSSR count). The number of alkyl halides is 9. The maximum absolute atomic E-state index is 13.2. The number of aliphatic hydroxyl groups is 1. The van der Waals surface area contributed by atoms with E-state index in [0.717, 1.165) is 95.8 Å². The monoisotopic (exact) mass is 2100 g/mol. The molecule has 0 spiro atoms. The Hall–Kier alpha value is -3.49. The zero-order valence-electron chi connectivity index (χ0n) is 95.8. The first-order chi connectivity index (χ1) is 62.6. The maximum atomic E-state index is 13.2. The Kier molecular flexibility index (Phi) is 59.9. The van der Waals surface area contributed by atoms with Crippen LogP contribution in [0.15, 0.2) is 30.3 Å². The van der Waals surface area contributed by atoms with Gasteiger partial charge < -0.3 is 50.0 Å². The lowest BCUT2D eigenvalue weighted by atomic mass is 9.72. The zero-order chi connectivity index (χ0) is 110. The summed E-state index contributed by atoms with van der Waals surface area (Å²) in [6.07, 6.45) is 7.02. The van der Waals surface area contributed by atoms with Crippen LogP contribution >= 0.6 is 0 Å². The molecule has 32 heteroatoms. The second-order valence-electron chi connectivity index (χ2n) is 49.2. The molecule has 0 radical (unpaired) electrons. The molecule has 17 nitrogen and oxygen atoms in total. The number of hydrogen-bond donors (Lipinski definition) is 1. The third-order valence-corrected chi connectivity index (χ3v) is 49.8. The SMILES string of the molecule is CCC(C)(C(=O)OC(C)(C)C)C(F)(F)F.CCC(C)(C(=O)OC1CC2CC(CC(C)(O)C(F)(F)F)C1C2)C(F)(F)F.CCC(C)(C)C(=O)OC1CCC(C(C)(C)C)CC1.CCC(C)(C)C(=O)OCCC[Si](C)(C)C.CCC(C)(C)C(=O)OCCC[Si](C)(C)C.CCC(C)C1CCCCC1.CCC(C)[Si]1(C)O[Si](C)(C)O[Si](C)(C)O[Si](C)(C)O1.CCC(C)c1ccccc1.CCCOC(=O)C(C)(C)CC. The van der Waals surface area contributed by atoms with Gasteiger partial charge in [0, 0.05) is 16.1 Å². The van der Waals surface area contributed by atoms with Crippen molar-refractivity contribution in [2.45, 2.75) is 519 Å². The molecule has 2 bridgehead atoms. The van der Waals surface area contributed by atoms with Crippen molar-refractivity contribution in [2.24, 2.45) is 73.4 Å². The first kappa shape index (κ1) is 140. The summed E-state index contributed by atoms with van der Waals surface area (Å²) >= 11 is 0. The first-order valence-corrected chi connectivity index (χ1v) is 70.8. The van der Waals surface area contributed by atoms with Crippen LogP contribution in [0.3, 0.4) is 0 Å². The second-order valence-corrected chi connectivity index (χ2v) is 75.1. The van der Waals surface area contributed by atoms with Gasteiger partial charge >= 0.3 is 88.6 Å². The average molecular weight is 2100 g/mol. The number of hydrogen-bond acceptors (Lipinski definition) is 17. The average Bonchev–Trinajstić information content (AvgIpc) is 1.72. The van der Waals surface area contributed by atoms with Gasteiger partial charge in [-0.1, -0.05) is 237 Å². The van der Waals surface area contributed by atoms with Crippen LogP contribution in [0, 0.1) is 73.4 Å². The number of ether oxygens (including phenoxy) is 6. The number of halogens is 9. The number of esters is 6. The second kappa shape index (κ2) is 59.6. The Bertz CT molecular complexity index is 3580. The summed E-state index contributed by atoms with van der Waals surface area (Å²) < 4.78 is 173. The van der Waals surface area contributed by atoms with Crippen LogP contribution in [0.2, 0.25) is 103 Å². The number of carbonyl (C=O) groups is 6. The van der Waals surface area contributed by atoms with E-state index in [4.69, 9.17) is 44.9 Å². The van der Waals surface area contributed by atoms with Crippen LogP contribution in [0.1, 0.15) is 380 Å². The third kappa shape index (κ3) is 52.8. The van der Waals surface area contributed by atoms with Gasteiger partial charge in [-0.25, -0.2) is 0 Å². The molecular weight excluding hydrogens is 1900 g/mol. The van der Waals surface area contributed by atoms with E-state index in [-0.39, 0.29) is 64.0 Å². The summed E-state index contributed by atoms with van der Waals surface area (Å²) in [6.45, 7) is 86.2. The van der Waals surface area contributed by atoms with E-state index in [0.29, 0.717) is 62.9 Å². The molecule has 0 aromatic heterocycles. The quantitative estimate of drug-likeness (QED) is 0.0233. The lowest BCUT2D eigenvalue weighted by Crippen LogP contribution is -2.66. The van der Waals surface area contributed by atoms with Crippen molar-refractivity contribution in [3.05, 3.63) is 35.9 Å². The molecule has 1 aromatic carbocycles. The molecule has 1 saturated heterocycles. The molecule has 1 aromatic rings. The van der Waals surface area contributed by atoms with Crippen molar-refractivity contribution in [1.82, 2.24) is 0 Å². The van der Waals surface area contributed by atoms with Gasteiger partial charge in [0.25, 0.3) is 0 Å². The van der Waals surface area contributed by atoms with Gasteiger partial charge in [-0.2, -0.15) is 39.5 Å². The highest BCUT2D eigenvalue weighted by atomic mass is 28.5. The van der Waals surface area contributed by atoms with E-state index < -0.39 is 134 Å². The Morgan fingerprint density at radius 2 is 0.820 bits per heavy atom. The highest BCUT2D eigenvalue weighted by Gasteiger charge is 2.61. The standard InChI is InChI=1S/C17H24F6O3.C16H30O2.2C12H26O2Si.C11H30O4Si4.C10H17F3O2.C10H20.C10H14.C9H18O2/c1-4-14(2,16(18,19)20)13(24)26-12-7-9-5-10(11(12)6-9)8-15(3,25)17(21,22)23;1-7-16(5,6)14(17)18-13-10-8-12(9-11-13)15(2,3)4;2*1-7-12(2,3)11(13)14-9-8-10-15(4,5)6;1-10-11(2)19(9)14-17(5,6)12-16(3,4)13-18(7,8)15-19;1-6-9(5,10(11,12)13)7(14)15-8(2,3)4;2*1-3-9(2)10-7-5-4-6-8-10;1-5-7-11-8(10)9(3,4)6-2/h9-12,25H,4-8H2,1-3H3;12-13H,7-11H2,1-6H3;2*7-10H2,1-6H3;11H,10H2,1-9H3;6H2,1-5H3;9-10H,3-8H2,1-2H3;4-9H,3H2,1-2H3;5-7H2,1-4H3. The maximum Gasteiger partial charge on any atom is 0.416 e. The van der Waals surface area contributed by atoms with Gasteiger partial charge in [-0.3, -0.25) is 28.8 Å². The summed E-state index contributed by atoms with van der Waals surface area (Å²) in [6, 6.07) is 13.1. The van der Waals surface area contributed by atoms with Crippen LogP contribution in [0.25, 0.3) is 0 Å². The van der Waals surface area contributed by atoms with Gasteiger partial charge in [0.1, 0.15) is 17.8 Å². The summed E-state index contributed by atoms with van der Waals surface area (Å²) in [5, 5.41) is 9.70. The number of rotatable bonds is 32. The fraction of sp³-hybridized carbons (Fsp3) is 0.888. The molecule has 10 atom stereocenters. The van der Waals surface area contributed by atoms with E-state index >= 15 is 0 Å². The molecule has 1 heterocycles. The van der Waals surface area contributed by atoms with Gasteiger partial charge in [0.05, 0.1) is 41.5 Å². The predicted molar refractivity (Wildman–Crippen MR) is 566 cm³/mol. The van der Waals surface area contributed by atoms with Crippen LogP contribution in [0.5, 0.6) is 0 Å². The van der Waals surface area contributed by atoms with Gasteiger partial charge in [-0.05, 0) is 316 Å². The smallest absolute Gasteiger partial charge is 0.416 e. The molecule has 139 heavy (non-hydrogen) atoms. The number of benzene rings is 1. The van der Waals surface area contributed by atoms with Crippen molar-refractivity contribution in [1.29, 1.82) is 0 Å². The Labute approximate surface area is 847 Å². The molecule has 5 aliphatic rings. The fourth-order valence-corrected chi connectivity index (χ4v) is 40.3. The highest BCUT2D eigenvalue weighted by molar-refractivity contribution is 6.93. The van der Waals surface area contributed by atoms with Crippen molar-refractivity contribution in [3.63, 3.8) is 0 Å². The van der Waals surface area contributed by atoms with Crippen molar-refractivity contribution < 1.29 is 118 Å². The molecular formula is C107H205F9O17Si6. The lowest BCUT2D eigenvalue weighted by Gasteiger charge is -2.49. The van der Waals surface area contributed by atoms with E-state index in [1.165, 1.54) is 110 Å². The fourth-order valence-electron chi connectivity index (χ4n) is 16.1. The molecule has 1 N–H and O–H groups in total. The van der Waals surface area contributed by atoms with E-state index in [2.05, 4.69) is 178 Å². The highest BCUT2D eigenvalue weighted by Crippen LogP contribution is 2.55. The Balaban J connectivity index is -0.00000152. The lowest BCUT2D eigenvalue weighted by molar-refractivity contribution is -0.260. The molecule has 4 saturated carbocycles. The van der Waals surface area contributed by atoms with Crippen LogP contribution < -0.4 is 0 Å². The number of fused-ring (bicyclic) bond motifs is 2. The minimum Gasteiger partial charge on any atom is -0.465 e. The zero-order valence-corrected chi connectivity index (χ0v) is 102. The first-order valence-electron chi connectivity index (χ1n) is 52.6. The normalized spacial score (nSPS) is 21.9. The van der Waals surface area contributed by atoms with E-state index in [1.807, 2.05) is 90.0 Å². The Morgan fingerprint density at radius 1 is 0.439 bits per heavy atom. The molecule has 5 fully saturated rings. The topological polar surface area (TPSA) is 215 Å². The van der Waals surface area contributed by atoms with E-state index in [1.54, 1.807) is 0 Å². The summed E-state index contributed by atoms with van der Waals surface area (Å²) in [4.78, 5) is 70.0. The minimum absolute atomic E-state index is 0.00519.